The molecule has 4 aromatic rings. The van der Waals surface area contributed by atoms with Gasteiger partial charge in [0.25, 0.3) is 11.8 Å². The van der Waals surface area contributed by atoms with Gasteiger partial charge in [0.1, 0.15) is 5.01 Å². The lowest BCUT2D eigenvalue weighted by molar-refractivity contribution is -0.110. The first kappa shape index (κ1) is 26.6. The molecule has 200 valence electrons. The highest BCUT2D eigenvalue weighted by atomic mass is 32.1. The number of amides is 2. The van der Waals surface area contributed by atoms with E-state index in [9.17, 15) is 9.59 Å². The number of nitrogens with one attached hydrogen (secondary N) is 3. The number of aryl methyl sites for hydroxylation is 1. The molecule has 1 aliphatic heterocycles. The summed E-state index contributed by atoms with van der Waals surface area (Å²) in [5, 5.41) is 8.96. The smallest absolute Gasteiger partial charge is 0.256 e. The van der Waals surface area contributed by atoms with Crippen molar-refractivity contribution in [1.29, 1.82) is 0 Å². The lowest BCUT2D eigenvalue weighted by Crippen LogP contribution is -2.35. The van der Waals surface area contributed by atoms with Gasteiger partial charge in [0.15, 0.2) is 0 Å². The van der Waals surface area contributed by atoms with Gasteiger partial charge in [0.05, 0.1) is 16.8 Å². The summed E-state index contributed by atoms with van der Waals surface area (Å²) in [5.41, 5.74) is 8.10. The summed E-state index contributed by atoms with van der Waals surface area (Å²) in [6, 6.07) is 16.0. The topological polar surface area (TPSA) is 90.1 Å². The first-order chi connectivity index (χ1) is 18.9. The molecule has 0 fully saturated rings. The van der Waals surface area contributed by atoms with Crippen LogP contribution >= 0.6 is 11.3 Å². The lowest BCUT2D eigenvalue weighted by Gasteiger charge is -2.18. The predicted octanol–water partition coefficient (Wildman–Crippen LogP) is 5.99. The number of aromatic amines is 1. The second kappa shape index (κ2) is 11.4. The Hall–Kier alpha value is -4.01. The molecular formula is C31H33N5O2S. The van der Waals surface area contributed by atoms with Crippen molar-refractivity contribution in [2.75, 3.05) is 31.5 Å². The lowest BCUT2D eigenvalue weighted by atomic mass is 10.0. The number of benzene rings is 2. The molecule has 0 unspecified atom stereocenters. The van der Waals surface area contributed by atoms with E-state index in [1.165, 1.54) is 0 Å². The van der Waals surface area contributed by atoms with Crippen molar-refractivity contribution in [3.63, 3.8) is 0 Å². The third-order valence-corrected chi connectivity index (χ3v) is 8.11. The zero-order valence-electron chi connectivity index (χ0n) is 22.7. The summed E-state index contributed by atoms with van der Waals surface area (Å²) >= 11 is 1.58. The molecule has 2 aromatic carbocycles. The molecule has 0 saturated carbocycles. The second-order valence-corrected chi connectivity index (χ2v) is 10.5. The van der Waals surface area contributed by atoms with Crippen LogP contribution in [-0.4, -0.2) is 52.9 Å². The Morgan fingerprint density at radius 3 is 2.59 bits per heavy atom. The number of H-pyrrole nitrogens is 1. The Kier molecular flexibility index (Phi) is 7.77. The van der Waals surface area contributed by atoms with E-state index >= 15 is 0 Å². The molecule has 3 N–H and O–H groups in total. The van der Waals surface area contributed by atoms with Crippen LogP contribution in [0.4, 0.5) is 5.69 Å². The van der Waals surface area contributed by atoms with E-state index in [1.54, 1.807) is 11.3 Å². The molecular weight excluding hydrogens is 506 g/mol. The molecule has 0 bridgehead atoms. The number of hydrogen-bond acceptors (Lipinski definition) is 5. The van der Waals surface area contributed by atoms with E-state index in [4.69, 9.17) is 4.98 Å². The van der Waals surface area contributed by atoms with Gasteiger partial charge in [-0.2, -0.15) is 0 Å². The summed E-state index contributed by atoms with van der Waals surface area (Å²) in [6.45, 7) is 11.3. The number of hydrogen-bond donors (Lipinski definition) is 3. The predicted molar refractivity (Wildman–Crippen MR) is 160 cm³/mol. The molecule has 0 radical (unpaired) electrons. The molecule has 1 aliphatic rings. The molecule has 5 rings (SSSR count). The molecule has 39 heavy (non-hydrogen) atoms. The average Bonchev–Trinajstić information content (AvgIpc) is 3.63. The molecule has 2 amide bonds. The van der Waals surface area contributed by atoms with Crippen molar-refractivity contribution < 1.29 is 9.59 Å². The number of thiazole rings is 1. The zero-order valence-corrected chi connectivity index (χ0v) is 23.5. The summed E-state index contributed by atoms with van der Waals surface area (Å²) in [7, 11) is 0. The highest BCUT2D eigenvalue weighted by Gasteiger charge is 2.26. The van der Waals surface area contributed by atoms with Gasteiger partial charge in [-0.3, -0.25) is 9.59 Å². The van der Waals surface area contributed by atoms with Crippen LogP contribution in [0, 0.1) is 13.8 Å². The average molecular weight is 540 g/mol. The zero-order chi connectivity index (χ0) is 27.5. The van der Waals surface area contributed by atoms with Gasteiger partial charge >= 0.3 is 0 Å². The SMILES string of the molecule is CCN(CC)CCNC(=O)c1c(C)[nH]c(C=C2C(=O)Nc3ccc(-c4nc(-c5ccccc5)cs4)cc32)c1C. The maximum Gasteiger partial charge on any atom is 0.256 e. The van der Waals surface area contributed by atoms with Crippen LogP contribution in [0.15, 0.2) is 53.9 Å². The van der Waals surface area contributed by atoms with Crippen LogP contribution in [0.1, 0.15) is 46.7 Å². The Morgan fingerprint density at radius 2 is 1.85 bits per heavy atom. The molecule has 0 spiro atoms. The standard InChI is InChI=1S/C31H33N5O2S/c1-5-36(6-2)15-14-32-30(38)28-19(3)26(33-20(28)4)17-24-23-16-22(12-13-25(23)34-29(24)37)31-35-27(18-39-31)21-10-8-7-9-11-21/h7-13,16-18,33H,5-6,14-15H2,1-4H3,(H,32,38)(H,34,37). The summed E-state index contributed by atoms with van der Waals surface area (Å²) in [5.74, 6) is -0.266. The molecule has 0 saturated heterocycles. The second-order valence-electron chi connectivity index (χ2n) is 9.62. The molecule has 8 heteroatoms. The molecule has 3 heterocycles. The van der Waals surface area contributed by atoms with Crippen molar-refractivity contribution >= 4 is 40.5 Å². The molecule has 0 aliphatic carbocycles. The number of fused-ring (bicyclic) bond motifs is 1. The Morgan fingerprint density at radius 1 is 1.08 bits per heavy atom. The normalized spacial score (nSPS) is 13.7. The summed E-state index contributed by atoms with van der Waals surface area (Å²) < 4.78 is 0. The van der Waals surface area contributed by atoms with Crippen LogP contribution in [0.25, 0.3) is 33.5 Å². The number of anilines is 1. The number of carbonyl (C=O) groups is 2. The quantitative estimate of drug-likeness (QED) is 0.228. The number of nitrogens with zero attached hydrogens (tertiary/aromatic N) is 2. The van der Waals surface area contributed by atoms with Gasteiger partial charge in [-0.05, 0) is 56.8 Å². The van der Waals surface area contributed by atoms with Crippen LogP contribution < -0.4 is 10.6 Å². The van der Waals surface area contributed by atoms with E-state index in [2.05, 4.69) is 39.7 Å². The molecule has 0 atom stereocenters. The fraction of sp³-hybridized carbons (Fsp3) is 0.258. The fourth-order valence-corrected chi connectivity index (χ4v) is 5.80. The Balaban J connectivity index is 1.41. The van der Waals surface area contributed by atoms with Gasteiger partial charge in [-0.1, -0.05) is 44.2 Å². The van der Waals surface area contributed by atoms with Crippen molar-refractivity contribution in [1.82, 2.24) is 20.2 Å². The van der Waals surface area contributed by atoms with Gasteiger partial charge in [0.2, 0.25) is 0 Å². The minimum absolute atomic E-state index is 0.102. The Bertz CT molecular complexity index is 1550. The summed E-state index contributed by atoms with van der Waals surface area (Å²) in [4.78, 5) is 36.4. The van der Waals surface area contributed by atoms with Gasteiger partial charge in [0, 0.05) is 52.2 Å². The monoisotopic (exact) mass is 539 g/mol. The maximum absolute atomic E-state index is 13.0. The largest absolute Gasteiger partial charge is 0.358 e. The van der Waals surface area contributed by atoms with Gasteiger partial charge in [-0.15, -0.1) is 11.3 Å². The number of likely N-dealkylation sites (N-methyl/N-ethyl adjacent to an activating group) is 1. The van der Waals surface area contributed by atoms with Crippen LogP contribution in [-0.2, 0) is 4.79 Å². The Labute approximate surface area is 233 Å². The first-order valence-electron chi connectivity index (χ1n) is 13.3. The van der Waals surface area contributed by atoms with E-state index in [1.807, 2.05) is 68.5 Å². The highest BCUT2D eigenvalue weighted by Crippen LogP contribution is 2.38. The summed E-state index contributed by atoms with van der Waals surface area (Å²) in [6.07, 6.45) is 1.84. The first-order valence-corrected chi connectivity index (χ1v) is 14.2. The van der Waals surface area contributed by atoms with Crippen LogP contribution in [0.2, 0.25) is 0 Å². The fourth-order valence-electron chi connectivity index (χ4n) is 4.97. The van der Waals surface area contributed by atoms with E-state index in [-0.39, 0.29) is 11.8 Å². The maximum atomic E-state index is 13.0. The minimum Gasteiger partial charge on any atom is -0.358 e. The van der Waals surface area contributed by atoms with Crippen molar-refractivity contribution in [2.45, 2.75) is 27.7 Å². The molecule has 2 aromatic heterocycles. The van der Waals surface area contributed by atoms with E-state index in [0.717, 1.165) is 69.7 Å². The van der Waals surface area contributed by atoms with Crippen molar-refractivity contribution in [2.24, 2.45) is 0 Å². The van der Waals surface area contributed by atoms with Gasteiger partial charge in [-0.25, -0.2) is 4.98 Å². The van der Waals surface area contributed by atoms with Gasteiger partial charge < -0.3 is 20.5 Å². The van der Waals surface area contributed by atoms with Crippen LogP contribution in [0.5, 0.6) is 0 Å². The van der Waals surface area contributed by atoms with E-state index in [0.29, 0.717) is 17.7 Å². The van der Waals surface area contributed by atoms with Crippen LogP contribution in [0.3, 0.4) is 0 Å². The number of carbonyl (C=O) groups excluding carboxylic acids is 2. The van der Waals surface area contributed by atoms with Crippen molar-refractivity contribution in [3.05, 3.63) is 82.0 Å². The third-order valence-electron chi connectivity index (χ3n) is 7.22. The molecule has 7 nitrogen and oxygen atoms in total. The highest BCUT2D eigenvalue weighted by molar-refractivity contribution is 7.13. The third kappa shape index (κ3) is 5.44. The van der Waals surface area contributed by atoms with E-state index < -0.39 is 0 Å². The number of rotatable bonds is 9. The van der Waals surface area contributed by atoms with Crippen molar-refractivity contribution in [3.8, 4) is 21.8 Å². The minimum atomic E-state index is -0.164. The number of aromatic nitrogens is 2.